The Kier molecular flexibility index (Phi) is 6.18. The maximum Gasteiger partial charge on any atom is 0.155 e. The molecule has 1 aromatic carbocycles. The molecular weight excluding hydrogens is 374 g/mol. The van der Waals surface area contributed by atoms with Gasteiger partial charge in [-0.25, -0.2) is 0 Å². The van der Waals surface area contributed by atoms with Gasteiger partial charge >= 0.3 is 0 Å². The third kappa shape index (κ3) is 4.44. The van der Waals surface area contributed by atoms with E-state index in [9.17, 15) is 0 Å². The van der Waals surface area contributed by atoms with Crippen LogP contribution >= 0.6 is 31.9 Å². The van der Waals surface area contributed by atoms with E-state index >= 15 is 0 Å². The topological polar surface area (TPSA) is 44.5 Å². The van der Waals surface area contributed by atoms with Gasteiger partial charge in [0, 0.05) is 4.47 Å². The van der Waals surface area contributed by atoms with Crippen LogP contribution in [0.5, 0.6) is 11.5 Å². The molecule has 0 saturated heterocycles. The normalized spacial score (nSPS) is 11.7. The third-order valence-electron chi connectivity index (χ3n) is 2.25. The molecule has 0 atom stereocenters. The van der Waals surface area contributed by atoms with Crippen molar-refractivity contribution in [3.63, 3.8) is 0 Å². The molecule has 1 aromatic rings. The molecule has 5 heteroatoms. The Hall–Kier alpha value is -1.20. The molecule has 0 unspecified atom stereocenters. The molecule has 0 fully saturated rings. The summed E-state index contributed by atoms with van der Waals surface area (Å²) in [5.41, 5.74) is 7.23. The lowest BCUT2D eigenvalue weighted by atomic mass is 10.2. The first-order valence-corrected chi connectivity index (χ1v) is 7.14. The molecule has 0 aliphatic carbocycles. The minimum Gasteiger partial charge on any atom is -0.494 e. The maximum absolute atomic E-state index is 5.98. The second-order valence-corrected chi connectivity index (χ2v) is 5.20. The number of hydrogen-bond donors (Lipinski definition) is 1. The lowest BCUT2D eigenvalue weighted by Gasteiger charge is -2.14. The van der Waals surface area contributed by atoms with E-state index in [-0.39, 0.29) is 0 Å². The average molecular weight is 389 g/mol. The number of nitrogen functional groups attached to an aromatic ring is 1. The summed E-state index contributed by atoms with van der Waals surface area (Å²) in [5, 5.41) is 0. The van der Waals surface area contributed by atoms with Crippen LogP contribution in [-0.2, 0) is 0 Å². The van der Waals surface area contributed by atoms with Crippen molar-refractivity contribution in [2.45, 2.75) is 6.92 Å². The van der Waals surface area contributed by atoms with Crippen LogP contribution in [0.15, 0.2) is 51.7 Å². The Balaban J connectivity index is 3.16. The zero-order valence-electron chi connectivity index (χ0n) is 10.7. The quantitative estimate of drug-likeness (QED) is 0.448. The van der Waals surface area contributed by atoms with Gasteiger partial charge in [0.1, 0.15) is 17.2 Å². The molecular formula is C14H15Br2NO2. The standard InChI is InChI=1S/C14H15Br2NO2/c1-9(2)11(5-4-6-15)19-13-8-10(16)7-12(18-3)14(13)17/h4-8H,1,17H2,2-3H3. The smallest absolute Gasteiger partial charge is 0.155 e. The van der Waals surface area contributed by atoms with Crippen LogP contribution in [0.4, 0.5) is 5.69 Å². The Morgan fingerprint density at radius 1 is 1.37 bits per heavy atom. The molecule has 0 saturated carbocycles. The second kappa shape index (κ2) is 7.40. The fraction of sp³-hybridized carbons (Fsp3) is 0.143. The van der Waals surface area contributed by atoms with E-state index in [0.29, 0.717) is 22.9 Å². The molecule has 102 valence electrons. The first-order valence-electron chi connectivity index (χ1n) is 5.43. The van der Waals surface area contributed by atoms with Crippen LogP contribution in [0, 0.1) is 0 Å². The van der Waals surface area contributed by atoms with Gasteiger partial charge in [-0.05, 0) is 35.7 Å². The molecule has 0 aromatic heterocycles. The zero-order valence-corrected chi connectivity index (χ0v) is 13.9. The molecule has 2 N–H and O–H groups in total. The van der Waals surface area contributed by atoms with E-state index in [0.717, 1.165) is 10.0 Å². The van der Waals surface area contributed by atoms with Gasteiger partial charge in [0.05, 0.1) is 7.11 Å². The molecule has 19 heavy (non-hydrogen) atoms. The third-order valence-corrected chi connectivity index (χ3v) is 3.01. The lowest BCUT2D eigenvalue weighted by molar-refractivity contribution is 0.406. The van der Waals surface area contributed by atoms with Crippen molar-refractivity contribution in [1.29, 1.82) is 0 Å². The molecule has 0 aliphatic rings. The average Bonchev–Trinajstić information content (AvgIpc) is 2.37. The highest BCUT2D eigenvalue weighted by Gasteiger charge is 2.11. The van der Waals surface area contributed by atoms with Crippen molar-refractivity contribution in [2.75, 3.05) is 12.8 Å². The fourth-order valence-corrected chi connectivity index (χ4v) is 1.90. The van der Waals surface area contributed by atoms with Crippen LogP contribution in [0.3, 0.4) is 0 Å². The molecule has 0 heterocycles. The number of anilines is 1. The summed E-state index contributed by atoms with van der Waals surface area (Å²) in [6, 6.07) is 3.57. The molecule has 0 aliphatic heterocycles. The highest BCUT2D eigenvalue weighted by molar-refractivity contribution is 9.11. The first-order chi connectivity index (χ1) is 8.99. The molecule has 1 rings (SSSR count). The van der Waals surface area contributed by atoms with E-state index in [1.165, 1.54) is 0 Å². The van der Waals surface area contributed by atoms with Gasteiger partial charge < -0.3 is 15.2 Å². The van der Waals surface area contributed by atoms with Crippen LogP contribution < -0.4 is 15.2 Å². The van der Waals surface area contributed by atoms with Crippen molar-refractivity contribution in [3.8, 4) is 11.5 Å². The van der Waals surface area contributed by atoms with E-state index < -0.39 is 0 Å². The molecule has 3 nitrogen and oxygen atoms in total. The number of hydrogen-bond acceptors (Lipinski definition) is 3. The van der Waals surface area contributed by atoms with Gasteiger partial charge in [-0.3, -0.25) is 0 Å². The predicted molar refractivity (Wildman–Crippen MR) is 86.7 cm³/mol. The van der Waals surface area contributed by atoms with Crippen molar-refractivity contribution >= 4 is 37.5 Å². The van der Waals surface area contributed by atoms with E-state index in [2.05, 4.69) is 38.4 Å². The zero-order chi connectivity index (χ0) is 14.4. The van der Waals surface area contributed by atoms with Gasteiger partial charge in [-0.1, -0.05) is 44.5 Å². The Morgan fingerprint density at radius 2 is 2.00 bits per heavy atom. The molecule has 0 radical (unpaired) electrons. The van der Waals surface area contributed by atoms with Crippen molar-refractivity contribution < 1.29 is 9.47 Å². The number of benzene rings is 1. The number of ether oxygens (including phenoxy) is 2. The minimum absolute atomic E-state index is 0.445. The summed E-state index contributed by atoms with van der Waals surface area (Å²) >= 11 is 6.59. The monoisotopic (exact) mass is 387 g/mol. The summed E-state index contributed by atoms with van der Waals surface area (Å²) in [7, 11) is 1.56. The largest absolute Gasteiger partial charge is 0.494 e. The van der Waals surface area contributed by atoms with E-state index in [1.54, 1.807) is 36.4 Å². The maximum atomic E-state index is 5.98. The predicted octanol–water partition coefficient (Wildman–Crippen LogP) is 4.79. The summed E-state index contributed by atoms with van der Waals surface area (Å²) in [6.07, 6.45) is 3.60. The first kappa shape index (κ1) is 15.9. The fourth-order valence-electron chi connectivity index (χ4n) is 1.33. The summed E-state index contributed by atoms with van der Waals surface area (Å²) in [5.74, 6) is 1.70. The van der Waals surface area contributed by atoms with Crippen molar-refractivity contribution in [1.82, 2.24) is 0 Å². The number of allylic oxidation sites excluding steroid dienone is 3. The number of halogens is 2. The van der Waals surface area contributed by atoms with Crippen LogP contribution in [0.25, 0.3) is 0 Å². The number of nitrogens with two attached hydrogens (primary N) is 1. The van der Waals surface area contributed by atoms with Gasteiger partial charge in [0.15, 0.2) is 5.75 Å². The number of methoxy groups -OCH3 is 1. The van der Waals surface area contributed by atoms with Gasteiger partial charge in [-0.2, -0.15) is 0 Å². The van der Waals surface area contributed by atoms with E-state index in [1.807, 2.05) is 6.92 Å². The summed E-state index contributed by atoms with van der Waals surface area (Å²) < 4.78 is 11.8. The van der Waals surface area contributed by atoms with Gasteiger partial charge in [0.25, 0.3) is 0 Å². The number of rotatable bonds is 5. The van der Waals surface area contributed by atoms with Crippen molar-refractivity contribution in [3.05, 3.63) is 51.7 Å². The summed E-state index contributed by atoms with van der Waals surface area (Å²) in [4.78, 5) is 1.73. The second-order valence-electron chi connectivity index (χ2n) is 3.75. The van der Waals surface area contributed by atoms with Crippen molar-refractivity contribution in [2.24, 2.45) is 0 Å². The highest BCUT2D eigenvalue weighted by atomic mass is 79.9. The van der Waals surface area contributed by atoms with Crippen LogP contribution in [0.1, 0.15) is 6.92 Å². The van der Waals surface area contributed by atoms with E-state index in [4.69, 9.17) is 15.2 Å². The Morgan fingerprint density at radius 3 is 2.53 bits per heavy atom. The SMILES string of the molecule is C=C(C)C(=CC=CBr)Oc1cc(Br)cc(OC)c1N. The van der Waals surface area contributed by atoms with Crippen LogP contribution in [0.2, 0.25) is 0 Å². The Bertz CT molecular complexity index is 536. The Labute approximate surface area is 130 Å². The molecule has 0 amide bonds. The molecule has 0 spiro atoms. The summed E-state index contributed by atoms with van der Waals surface area (Å²) in [6.45, 7) is 5.73. The van der Waals surface area contributed by atoms with Gasteiger partial charge in [0.2, 0.25) is 0 Å². The minimum atomic E-state index is 0.445. The lowest BCUT2D eigenvalue weighted by Crippen LogP contribution is -2.01. The molecule has 0 bridgehead atoms. The highest BCUT2D eigenvalue weighted by Crippen LogP contribution is 2.36. The van der Waals surface area contributed by atoms with Crippen LogP contribution in [-0.4, -0.2) is 7.11 Å². The van der Waals surface area contributed by atoms with Gasteiger partial charge in [-0.15, -0.1) is 0 Å².